The van der Waals surface area contributed by atoms with Crippen LogP contribution in [0.3, 0.4) is 0 Å². The number of aliphatic hydroxyl groups is 1. The minimum Gasteiger partial charge on any atom is -0.364 e. The Morgan fingerprint density at radius 3 is 2.67 bits per heavy atom. The van der Waals surface area contributed by atoms with Crippen molar-refractivity contribution in [3.63, 3.8) is 0 Å². The number of hydrogen-bond acceptors (Lipinski definition) is 4. The van der Waals surface area contributed by atoms with Gasteiger partial charge in [-0.05, 0) is 31.5 Å². The molecule has 0 aliphatic carbocycles. The molecule has 5 heteroatoms. The van der Waals surface area contributed by atoms with Gasteiger partial charge < -0.3 is 19.3 Å². The molecule has 0 saturated carbocycles. The summed E-state index contributed by atoms with van der Waals surface area (Å²) in [6, 6.07) is 4.07. The van der Waals surface area contributed by atoms with Crippen molar-refractivity contribution in [1.82, 2.24) is 0 Å². The van der Waals surface area contributed by atoms with Crippen LogP contribution in [0.1, 0.15) is 31.3 Å². The molecule has 0 radical (unpaired) electrons. The molecular formula is C13H19FO4. The Labute approximate surface area is 106 Å². The predicted octanol–water partition coefficient (Wildman–Crippen LogP) is 2.36. The van der Waals surface area contributed by atoms with E-state index in [9.17, 15) is 9.50 Å². The average molecular weight is 258 g/mol. The Morgan fingerprint density at radius 1 is 1.33 bits per heavy atom. The summed E-state index contributed by atoms with van der Waals surface area (Å²) in [4.78, 5) is 0. The number of rotatable bonds is 7. The van der Waals surface area contributed by atoms with Crippen LogP contribution in [0.15, 0.2) is 18.2 Å². The Morgan fingerprint density at radius 2 is 2.06 bits per heavy atom. The van der Waals surface area contributed by atoms with Crippen molar-refractivity contribution >= 4 is 0 Å². The second-order valence-corrected chi connectivity index (χ2v) is 3.77. The molecule has 102 valence electrons. The van der Waals surface area contributed by atoms with Crippen LogP contribution in [0, 0.1) is 5.82 Å². The van der Waals surface area contributed by atoms with Crippen molar-refractivity contribution in [1.29, 1.82) is 0 Å². The molecule has 1 rings (SSSR count). The first-order valence-corrected chi connectivity index (χ1v) is 5.80. The van der Waals surface area contributed by atoms with Crippen molar-refractivity contribution in [3.8, 4) is 0 Å². The molecule has 0 amide bonds. The number of methoxy groups -OCH3 is 1. The normalized spacial score (nSPS) is 14.5. The first-order chi connectivity index (χ1) is 8.58. The lowest BCUT2D eigenvalue weighted by atomic mass is 10.1. The third-order valence-corrected chi connectivity index (χ3v) is 2.47. The van der Waals surface area contributed by atoms with Crippen LogP contribution in [-0.4, -0.2) is 25.1 Å². The lowest BCUT2D eigenvalue weighted by molar-refractivity contribution is -0.135. The van der Waals surface area contributed by atoms with Crippen molar-refractivity contribution in [2.75, 3.05) is 13.7 Å². The Balaban J connectivity index is 2.76. The van der Waals surface area contributed by atoms with E-state index in [1.54, 1.807) is 6.92 Å². The molecule has 2 atom stereocenters. The topological polar surface area (TPSA) is 47.9 Å². The third kappa shape index (κ3) is 4.34. The van der Waals surface area contributed by atoms with Gasteiger partial charge in [-0.25, -0.2) is 4.39 Å². The van der Waals surface area contributed by atoms with Gasteiger partial charge in [0, 0.05) is 19.3 Å². The first kappa shape index (κ1) is 15.0. The summed E-state index contributed by atoms with van der Waals surface area (Å²) < 4.78 is 28.6. The highest BCUT2D eigenvalue weighted by Gasteiger charge is 2.13. The van der Waals surface area contributed by atoms with Gasteiger partial charge in [-0.1, -0.05) is 6.07 Å². The maximum absolute atomic E-state index is 13.2. The molecule has 0 spiro atoms. The minimum atomic E-state index is -1.09. The van der Waals surface area contributed by atoms with E-state index in [2.05, 4.69) is 0 Å². The van der Waals surface area contributed by atoms with Gasteiger partial charge in [-0.2, -0.15) is 0 Å². The highest BCUT2D eigenvalue weighted by Crippen LogP contribution is 2.21. The lowest BCUT2D eigenvalue weighted by Gasteiger charge is -2.17. The monoisotopic (exact) mass is 258 g/mol. The van der Waals surface area contributed by atoms with E-state index in [0.717, 1.165) is 0 Å². The molecule has 1 aromatic rings. The van der Waals surface area contributed by atoms with Gasteiger partial charge in [0.2, 0.25) is 0 Å². The Kier molecular flexibility index (Phi) is 6.21. The van der Waals surface area contributed by atoms with E-state index in [0.29, 0.717) is 17.7 Å². The fourth-order valence-electron chi connectivity index (χ4n) is 1.56. The SMILES string of the molecule is CCOC(C)OCc1cc(F)ccc1C(O)OC. The van der Waals surface area contributed by atoms with E-state index in [1.807, 2.05) is 6.92 Å². The Bertz CT molecular complexity index is 370. The second kappa shape index (κ2) is 7.43. The summed E-state index contributed by atoms with van der Waals surface area (Å²) in [6.07, 6.45) is -1.47. The number of hydrogen-bond donors (Lipinski definition) is 1. The van der Waals surface area contributed by atoms with Gasteiger partial charge >= 0.3 is 0 Å². The van der Waals surface area contributed by atoms with Crippen LogP contribution in [0.4, 0.5) is 4.39 Å². The molecule has 0 bridgehead atoms. The minimum absolute atomic E-state index is 0.147. The van der Waals surface area contributed by atoms with E-state index in [4.69, 9.17) is 14.2 Å². The average Bonchev–Trinajstić information content (AvgIpc) is 2.36. The predicted molar refractivity (Wildman–Crippen MR) is 64.2 cm³/mol. The van der Waals surface area contributed by atoms with Crippen molar-refractivity contribution in [2.24, 2.45) is 0 Å². The van der Waals surface area contributed by atoms with E-state index in [1.165, 1.54) is 25.3 Å². The van der Waals surface area contributed by atoms with Crippen molar-refractivity contribution in [2.45, 2.75) is 33.0 Å². The fourth-order valence-corrected chi connectivity index (χ4v) is 1.56. The standard InChI is InChI=1S/C13H19FO4/c1-4-17-9(2)18-8-10-7-11(14)5-6-12(10)13(15)16-3/h5-7,9,13,15H,4,8H2,1-3H3. The molecule has 1 N–H and O–H groups in total. The molecule has 4 nitrogen and oxygen atoms in total. The van der Waals surface area contributed by atoms with Crippen molar-refractivity contribution in [3.05, 3.63) is 35.1 Å². The van der Waals surface area contributed by atoms with Crippen LogP contribution >= 0.6 is 0 Å². The van der Waals surface area contributed by atoms with Gasteiger partial charge in [-0.15, -0.1) is 0 Å². The molecule has 1 aromatic carbocycles. The summed E-state index contributed by atoms with van der Waals surface area (Å²) in [5, 5.41) is 9.64. The summed E-state index contributed by atoms with van der Waals surface area (Å²) in [7, 11) is 1.38. The molecule has 0 aromatic heterocycles. The number of benzene rings is 1. The van der Waals surface area contributed by atoms with Crippen LogP contribution in [0.25, 0.3) is 0 Å². The van der Waals surface area contributed by atoms with Gasteiger partial charge in [0.05, 0.1) is 6.61 Å². The summed E-state index contributed by atoms with van der Waals surface area (Å²) in [5.74, 6) is -0.385. The maximum Gasteiger partial charge on any atom is 0.181 e. The molecule has 0 saturated heterocycles. The molecule has 2 unspecified atom stereocenters. The van der Waals surface area contributed by atoms with E-state index >= 15 is 0 Å². The summed E-state index contributed by atoms with van der Waals surface area (Å²) >= 11 is 0. The highest BCUT2D eigenvalue weighted by molar-refractivity contribution is 5.28. The smallest absolute Gasteiger partial charge is 0.181 e. The number of ether oxygens (including phenoxy) is 3. The van der Waals surface area contributed by atoms with Gasteiger partial charge in [-0.3, -0.25) is 0 Å². The maximum atomic E-state index is 13.2. The lowest BCUT2D eigenvalue weighted by Crippen LogP contribution is -2.14. The zero-order valence-electron chi connectivity index (χ0n) is 10.9. The van der Waals surface area contributed by atoms with Crippen LogP contribution < -0.4 is 0 Å². The number of aliphatic hydroxyl groups excluding tert-OH is 1. The summed E-state index contributed by atoms with van der Waals surface area (Å²) in [6.45, 7) is 4.31. The molecule has 0 aliphatic rings. The quantitative estimate of drug-likeness (QED) is 0.763. The summed E-state index contributed by atoms with van der Waals surface area (Å²) in [5.41, 5.74) is 1.03. The van der Waals surface area contributed by atoms with Crippen molar-refractivity contribution < 1.29 is 23.7 Å². The molecule has 0 fully saturated rings. The molecule has 0 heterocycles. The molecular weight excluding hydrogens is 239 g/mol. The molecule has 0 aliphatic heterocycles. The number of halogens is 1. The highest BCUT2D eigenvalue weighted by atomic mass is 19.1. The first-order valence-electron chi connectivity index (χ1n) is 5.80. The van der Waals surface area contributed by atoms with Crippen LogP contribution in [0.2, 0.25) is 0 Å². The fraction of sp³-hybridized carbons (Fsp3) is 0.538. The van der Waals surface area contributed by atoms with Gasteiger partial charge in [0.25, 0.3) is 0 Å². The van der Waals surface area contributed by atoms with E-state index < -0.39 is 6.29 Å². The molecule has 18 heavy (non-hydrogen) atoms. The zero-order chi connectivity index (χ0) is 13.5. The van der Waals surface area contributed by atoms with E-state index in [-0.39, 0.29) is 18.7 Å². The third-order valence-electron chi connectivity index (χ3n) is 2.47. The Hall–Kier alpha value is -1.01. The van der Waals surface area contributed by atoms with Crippen LogP contribution in [0.5, 0.6) is 0 Å². The van der Waals surface area contributed by atoms with Gasteiger partial charge in [0.15, 0.2) is 12.6 Å². The van der Waals surface area contributed by atoms with Crippen LogP contribution in [-0.2, 0) is 20.8 Å². The largest absolute Gasteiger partial charge is 0.364 e. The van der Waals surface area contributed by atoms with Gasteiger partial charge in [0.1, 0.15) is 5.82 Å². The zero-order valence-corrected chi connectivity index (χ0v) is 10.9. The second-order valence-electron chi connectivity index (χ2n) is 3.77.